The minimum atomic E-state index is -1.05. The molecule has 1 aliphatic rings. The van der Waals surface area contributed by atoms with E-state index in [0.717, 1.165) is 5.56 Å². The van der Waals surface area contributed by atoms with Crippen LogP contribution in [0.3, 0.4) is 0 Å². The van der Waals surface area contributed by atoms with Gasteiger partial charge >= 0.3 is 0 Å². The fourth-order valence-electron chi connectivity index (χ4n) is 3.12. The number of β-lactam (4-membered cyclic amide) rings is 1. The predicted molar refractivity (Wildman–Crippen MR) is 89.2 cm³/mol. The third-order valence-electron chi connectivity index (χ3n) is 4.31. The van der Waals surface area contributed by atoms with Gasteiger partial charge in [-0.15, -0.1) is 0 Å². The summed E-state index contributed by atoms with van der Waals surface area (Å²) in [5.74, 6) is 0.808. The monoisotopic (exact) mass is 344 g/mol. The van der Waals surface area contributed by atoms with E-state index in [2.05, 4.69) is 5.32 Å². The van der Waals surface area contributed by atoms with E-state index in [1.807, 2.05) is 12.1 Å². The zero-order chi connectivity index (χ0) is 18.0. The molecule has 1 N–H and O–H groups in total. The molecule has 1 saturated heterocycles. The number of furan rings is 1. The van der Waals surface area contributed by atoms with Crippen LogP contribution in [0, 0.1) is 0 Å². The molecule has 25 heavy (non-hydrogen) atoms. The second-order valence-electron chi connectivity index (χ2n) is 5.95. The molecule has 3 rings (SSSR count). The van der Waals surface area contributed by atoms with Crippen molar-refractivity contribution in [2.24, 2.45) is 0 Å². The standard InChI is InChI=1S/C18H20N2O5/c1-12(21)19-18(14-6-7-25-10-14)11-20(17(18)22)9-13-4-5-15(23-2)16(8-13)24-3/h4-8,10H,9,11H2,1-3H3,(H,19,21). The SMILES string of the molecule is COc1ccc(CN2CC(NC(C)=O)(c3ccoc3)C2=O)cc1OC. The van der Waals surface area contributed by atoms with Crippen molar-refractivity contribution >= 4 is 11.8 Å². The van der Waals surface area contributed by atoms with E-state index in [-0.39, 0.29) is 11.8 Å². The highest BCUT2D eigenvalue weighted by molar-refractivity contribution is 5.97. The van der Waals surface area contributed by atoms with Crippen LogP contribution in [0.1, 0.15) is 18.1 Å². The van der Waals surface area contributed by atoms with Crippen LogP contribution in [0.2, 0.25) is 0 Å². The predicted octanol–water partition coefficient (Wildman–Crippen LogP) is 1.67. The molecule has 0 aliphatic carbocycles. The molecular formula is C18H20N2O5. The maximum Gasteiger partial charge on any atom is 0.255 e. The van der Waals surface area contributed by atoms with Crippen LogP contribution in [0.25, 0.3) is 0 Å². The van der Waals surface area contributed by atoms with Crippen LogP contribution >= 0.6 is 0 Å². The molecule has 1 aliphatic heterocycles. The molecule has 0 spiro atoms. The van der Waals surface area contributed by atoms with Gasteiger partial charge in [-0.25, -0.2) is 0 Å². The van der Waals surface area contributed by atoms with Gasteiger partial charge < -0.3 is 24.1 Å². The molecule has 0 saturated carbocycles. The Bertz CT molecular complexity index is 787. The first-order valence-electron chi connectivity index (χ1n) is 7.82. The second kappa shape index (κ2) is 6.51. The van der Waals surface area contributed by atoms with E-state index in [1.54, 1.807) is 31.3 Å². The summed E-state index contributed by atoms with van der Waals surface area (Å²) in [6.45, 7) is 2.18. The topological polar surface area (TPSA) is 81.0 Å². The third kappa shape index (κ3) is 2.93. The zero-order valence-electron chi connectivity index (χ0n) is 14.4. The summed E-state index contributed by atoms with van der Waals surface area (Å²) >= 11 is 0. The van der Waals surface area contributed by atoms with E-state index < -0.39 is 5.54 Å². The number of likely N-dealkylation sites (tertiary alicyclic amines) is 1. The van der Waals surface area contributed by atoms with Gasteiger partial charge in [0.25, 0.3) is 5.91 Å². The van der Waals surface area contributed by atoms with Gasteiger partial charge in [-0.3, -0.25) is 9.59 Å². The molecular weight excluding hydrogens is 324 g/mol. The van der Waals surface area contributed by atoms with Crippen molar-refractivity contribution in [1.82, 2.24) is 10.2 Å². The average molecular weight is 344 g/mol. The summed E-state index contributed by atoms with van der Waals surface area (Å²) in [6.07, 6.45) is 2.98. The molecule has 1 unspecified atom stereocenters. The maximum absolute atomic E-state index is 12.8. The van der Waals surface area contributed by atoms with Crippen molar-refractivity contribution in [2.45, 2.75) is 19.0 Å². The maximum atomic E-state index is 12.8. The molecule has 1 aromatic carbocycles. The number of ether oxygens (including phenoxy) is 2. The molecule has 7 nitrogen and oxygen atoms in total. The summed E-state index contributed by atoms with van der Waals surface area (Å²) in [5.41, 5.74) is 0.515. The number of carbonyl (C=O) groups is 2. The lowest BCUT2D eigenvalue weighted by Gasteiger charge is -2.48. The molecule has 2 heterocycles. The van der Waals surface area contributed by atoms with Crippen molar-refractivity contribution in [3.63, 3.8) is 0 Å². The quantitative estimate of drug-likeness (QED) is 0.806. The number of hydrogen-bond acceptors (Lipinski definition) is 5. The Morgan fingerprint density at radius 3 is 2.60 bits per heavy atom. The van der Waals surface area contributed by atoms with Crippen LogP contribution in [0.4, 0.5) is 0 Å². The van der Waals surface area contributed by atoms with Gasteiger partial charge in [-0.2, -0.15) is 0 Å². The summed E-state index contributed by atoms with van der Waals surface area (Å²) in [7, 11) is 3.14. The summed E-state index contributed by atoms with van der Waals surface area (Å²) in [6, 6.07) is 7.21. The minimum Gasteiger partial charge on any atom is -0.493 e. The van der Waals surface area contributed by atoms with Crippen LogP contribution in [-0.2, 0) is 21.7 Å². The smallest absolute Gasteiger partial charge is 0.255 e. The van der Waals surface area contributed by atoms with Gasteiger partial charge in [-0.1, -0.05) is 6.07 Å². The van der Waals surface area contributed by atoms with Gasteiger partial charge in [-0.05, 0) is 23.8 Å². The molecule has 1 atom stereocenters. The van der Waals surface area contributed by atoms with Crippen LogP contribution in [-0.4, -0.2) is 37.5 Å². The number of nitrogens with zero attached hydrogens (tertiary/aromatic N) is 1. The van der Waals surface area contributed by atoms with Crippen molar-refractivity contribution < 1.29 is 23.5 Å². The van der Waals surface area contributed by atoms with E-state index in [4.69, 9.17) is 13.9 Å². The molecule has 1 aromatic heterocycles. The lowest BCUT2D eigenvalue weighted by molar-refractivity contribution is -0.157. The lowest BCUT2D eigenvalue weighted by atomic mass is 9.82. The normalized spacial score (nSPS) is 19.3. The van der Waals surface area contributed by atoms with E-state index >= 15 is 0 Å². The number of hydrogen-bond donors (Lipinski definition) is 1. The largest absolute Gasteiger partial charge is 0.493 e. The van der Waals surface area contributed by atoms with Crippen LogP contribution in [0.5, 0.6) is 11.5 Å². The number of amides is 2. The fraction of sp³-hybridized carbons (Fsp3) is 0.333. The van der Waals surface area contributed by atoms with Crippen molar-refractivity contribution in [3.8, 4) is 11.5 Å². The molecule has 2 aromatic rings. The number of methoxy groups -OCH3 is 2. The average Bonchev–Trinajstić information content (AvgIpc) is 3.14. The Kier molecular flexibility index (Phi) is 4.39. The first kappa shape index (κ1) is 16.9. The summed E-state index contributed by atoms with van der Waals surface area (Å²) in [5, 5.41) is 2.77. The van der Waals surface area contributed by atoms with E-state index in [9.17, 15) is 9.59 Å². The van der Waals surface area contributed by atoms with Gasteiger partial charge in [0.15, 0.2) is 17.0 Å². The Labute approximate surface area is 145 Å². The fourth-order valence-corrected chi connectivity index (χ4v) is 3.12. The van der Waals surface area contributed by atoms with Crippen molar-refractivity contribution in [3.05, 3.63) is 47.9 Å². The molecule has 132 valence electrons. The van der Waals surface area contributed by atoms with Crippen LogP contribution < -0.4 is 14.8 Å². The Morgan fingerprint density at radius 2 is 2.04 bits per heavy atom. The third-order valence-corrected chi connectivity index (χ3v) is 4.31. The first-order valence-corrected chi connectivity index (χ1v) is 7.82. The van der Waals surface area contributed by atoms with Gasteiger partial charge in [0, 0.05) is 19.0 Å². The van der Waals surface area contributed by atoms with E-state index in [1.165, 1.54) is 19.5 Å². The van der Waals surface area contributed by atoms with Crippen molar-refractivity contribution in [1.29, 1.82) is 0 Å². The second-order valence-corrected chi connectivity index (χ2v) is 5.95. The molecule has 2 amide bonds. The first-order chi connectivity index (χ1) is 12.0. The Hall–Kier alpha value is -2.96. The number of benzene rings is 1. The summed E-state index contributed by atoms with van der Waals surface area (Å²) < 4.78 is 15.6. The van der Waals surface area contributed by atoms with Gasteiger partial charge in [0.05, 0.1) is 33.3 Å². The molecule has 7 heteroatoms. The molecule has 0 bridgehead atoms. The van der Waals surface area contributed by atoms with Crippen LogP contribution in [0.15, 0.2) is 41.2 Å². The molecule has 1 fully saturated rings. The highest BCUT2D eigenvalue weighted by Crippen LogP contribution is 2.36. The summed E-state index contributed by atoms with van der Waals surface area (Å²) in [4.78, 5) is 26.1. The Balaban J connectivity index is 1.78. The van der Waals surface area contributed by atoms with Crippen molar-refractivity contribution in [2.75, 3.05) is 20.8 Å². The highest BCUT2D eigenvalue weighted by Gasteiger charge is 2.54. The number of rotatable bonds is 6. The van der Waals surface area contributed by atoms with Gasteiger partial charge in [0.1, 0.15) is 0 Å². The van der Waals surface area contributed by atoms with E-state index in [0.29, 0.717) is 30.2 Å². The zero-order valence-corrected chi connectivity index (χ0v) is 14.4. The highest BCUT2D eigenvalue weighted by atomic mass is 16.5. The molecule has 0 radical (unpaired) electrons. The lowest BCUT2D eigenvalue weighted by Crippen LogP contribution is -2.71. The number of carbonyl (C=O) groups excluding carboxylic acids is 2. The number of nitrogens with one attached hydrogen (secondary N) is 1. The van der Waals surface area contributed by atoms with Gasteiger partial charge in [0.2, 0.25) is 5.91 Å². The minimum absolute atomic E-state index is 0.168. The Morgan fingerprint density at radius 1 is 1.28 bits per heavy atom.